The van der Waals surface area contributed by atoms with Crippen LogP contribution < -0.4 is 0 Å². The minimum absolute atomic E-state index is 0.000516. The first kappa shape index (κ1) is 20.9. The molecule has 0 amide bonds. The highest BCUT2D eigenvalue weighted by molar-refractivity contribution is 6.22. The summed E-state index contributed by atoms with van der Waals surface area (Å²) in [5.41, 5.74) is 2.70. The van der Waals surface area contributed by atoms with Gasteiger partial charge in [-0.3, -0.25) is 14.5 Å². The van der Waals surface area contributed by atoms with E-state index in [1.165, 1.54) is 5.56 Å². The summed E-state index contributed by atoms with van der Waals surface area (Å²) >= 11 is 0. The Kier molecular flexibility index (Phi) is 7.54. The second-order valence-electron chi connectivity index (χ2n) is 8.03. The SMILES string of the molecule is Cc1ccc(C2CC(=O)C(=CCCCN3CCN(CCO)CC3)C(=O)C2)cc1. The van der Waals surface area contributed by atoms with Crippen molar-refractivity contribution in [1.29, 1.82) is 0 Å². The number of hydrogen-bond donors (Lipinski definition) is 1. The Labute approximate surface area is 168 Å². The maximum Gasteiger partial charge on any atom is 0.166 e. The van der Waals surface area contributed by atoms with Crippen molar-refractivity contribution in [1.82, 2.24) is 9.80 Å². The molecule has 3 rings (SSSR count). The number of aryl methyl sites for hydroxylation is 1. The van der Waals surface area contributed by atoms with E-state index in [2.05, 4.69) is 9.80 Å². The molecule has 0 spiro atoms. The number of nitrogens with zero attached hydrogens (tertiary/aromatic N) is 2. The second kappa shape index (κ2) is 10.1. The summed E-state index contributed by atoms with van der Waals surface area (Å²) in [5.74, 6) is 0.0202. The summed E-state index contributed by atoms with van der Waals surface area (Å²) in [6, 6.07) is 8.16. The summed E-state index contributed by atoms with van der Waals surface area (Å²) in [5, 5.41) is 9.00. The Morgan fingerprint density at radius 1 is 0.964 bits per heavy atom. The van der Waals surface area contributed by atoms with Crippen LogP contribution in [0.2, 0.25) is 0 Å². The third-order valence-electron chi connectivity index (χ3n) is 5.92. The predicted octanol–water partition coefficient (Wildman–Crippen LogP) is 2.33. The normalized spacial score (nSPS) is 21.9. The third kappa shape index (κ3) is 5.60. The zero-order valence-corrected chi connectivity index (χ0v) is 16.9. The van der Waals surface area contributed by atoms with Gasteiger partial charge >= 0.3 is 0 Å². The van der Waals surface area contributed by atoms with Crippen molar-refractivity contribution in [2.75, 3.05) is 45.9 Å². The molecule has 1 saturated heterocycles. The number of β-amino-alcohol motifs (C(OH)–C–C–N with tert-alkyl or cyclic N) is 1. The van der Waals surface area contributed by atoms with Gasteiger partial charge in [0.05, 0.1) is 12.2 Å². The smallest absolute Gasteiger partial charge is 0.166 e. The minimum atomic E-state index is -0.000516. The number of carbonyl (C=O) groups is 2. The van der Waals surface area contributed by atoms with Gasteiger partial charge in [0, 0.05) is 45.6 Å². The number of piperazine rings is 1. The fourth-order valence-corrected chi connectivity index (χ4v) is 4.14. The number of unbranched alkanes of at least 4 members (excludes halogenated alkanes) is 1. The topological polar surface area (TPSA) is 60.9 Å². The van der Waals surface area contributed by atoms with Gasteiger partial charge in [0.25, 0.3) is 0 Å². The van der Waals surface area contributed by atoms with Gasteiger partial charge < -0.3 is 10.0 Å². The minimum Gasteiger partial charge on any atom is -0.395 e. The highest BCUT2D eigenvalue weighted by Crippen LogP contribution is 2.31. The molecule has 1 aliphatic heterocycles. The van der Waals surface area contributed by atoms with Crippen molar-refractivity contribution in [3.05, 3.63) is 47.0 Å². The molecule has 1 aromatic carbocycles. The first-order valence-electron chi connectivity index (χ1n) is 10.5. The van der Waals surface area contributed by atoms with Crippen LogP contribution in [-0.2, 0) is 9.59 Å². The van der Waals surface area contributed by atoms with Gasteiger partial charge in [-0.2, -0.15) is 0 Å². The molecule has 0 radical (unpaired) electrons. The highest BCUT2D eigenvalue weighted by Gasteiger charge is 2.30. The van der Waals surface area contributed by atoms with Crippen LogP contribution in [-0.4, -0.2) is 72.3 Å². The quantitative estimate of drug-likeness (QED) is 0.444. The molecular formula is C23H32N2O3. The van der Waals surface area contributed by atoms with E-state index in [0.29, 0.717) is 18.4 Å². The van der Waals surface area contributed by atoms with Crippen LogP contribution in [0.5, 0.6) is 0 Å². The van der Waals surface area contributed by atoms with Crippen LogP contribution in [0.3, 0.4) is 0 Å². The van der Waals surface area contributed by atoms with E-state index in [1.54, 1.807) is 0 Å². The average molecular weight is 385 g/mol. The molecule has 2 aliphatic rings. The summed E-state index contributed by atoms with van der Waals surface area (Å²) in [6.45, 7) is 8.05. The van der Waals surface area contributed by atoms with E-state index in [-0.39, 0.29) is 24.1 Å². The van der Waals surface area contributed by atoms with E-state index in [9.17, 15) is 9.59 Å². The molecule has 1 heterocycles. The number of carbonyl (C=O) groups excluding carboxylic acids is 2. The van der Waals surface area contributed by atoms with Crippen molar-refractivity contribution in [3.63, 3.8) is 0 Å². The monoisotopic (exact) mass is 384 g/mol. The highest BCUT2D eigenvalue weighted by atomic mass is 16.3. The molecule has 0 atom stereocenters. The van der Waals surface area contributed by atoms with Gasteiger partial charge in [-0.1, -0.05) is 35.9 Å². The molecule has 28 heavy (non-hydrogen) atoms. The van der Waals surface area contributed by atoms with E-state index >= 15 is 0 Å². The Bertz CT molecular complexity index is 683. The molecule has 1 aliphatic carbocycles. The predicted molar refractivity (Wildman–Crippen MR) is 110 cm³/mol. The number of rotatable bonds is 7. The maximum atomic E-state index is 12.5. The van der Waals surface area contributed by atoms with Crippen LogP contribution in [0.25, 0.3) is 0 Å². The molecule has 152 valence electrons. The lowest BCUT2D eigenvalue weighted by Crippen LogP contribution is -2.47. The fourth-order valence-electron chi connectivity index (χ4n) is 4.14. The zero-order chi connectivity index (χ0) is 19.9. The molecule has 0 aromatic heterocycles. The molecule has 5 heteroatoms. The molecule has 5 nitrogen and oxygen atoms in total. The summed E-state index contributed by atoms with van der Waals surface area (Å²) in [7, 11) is 0. The number of Topliss-reactive ketones (excluding diaryl/α,β-unsaturated/α-hetero) is 2. The van der Waals surface area contributed by atoms with Gasteiger partial charge in [0.15, 0.2) is 11.6 Å². The Morgan fingerprint density at radius 2 is 1.54 bits per heavy atom. The van der Waals surface area contributed by atoms with Crippen LogP contribution in [0.4, 0.5) is 0 Å². The van der Waals surface area contributed by atoms with Crippen LogP contribution in [0, 0.1) is 6.92 Å². The summed E-state index contributed by atoms with van der Waals surface area (Å²) < 4.78 is 0. The fraction of sp³-hybridized carbons (Fsp3) is 0.565. The maximum absolute atomic E-state index is 12.5. The number of aliphatic hydroxyl groups is 1. The van der Waals surface area contributed by atoms with Gasteiger partial charge in [-0.25, -0.2) is 0 Å². The number of benzene rings is 1. The summed E-state index contributed by atoms with van der Waals surface area (Å²) in [6.07, 6.45) is 4.49. The van der Waals surface area contributed by atoms with Crippen LogP contribution >= 0.6 is 0 Å². The number of aliphatic hydroxyl groups excluding tert-OH is 1. The largest absolute Gasteiger partial charge is 0.395 e. The number of ketones is 2. The molecule has 1 saturated carbocycles. The molecule has 2 fully saturated rings. The van der Waals surface area contributed by atoms with E-state index in [1.807, 2.05) is 37.3 Å². The first-order valence-corrected chi connectivity index (χ1v) is 10.5. The molecule has 0 bridgehead atoms. The lowest BCUT2D eigenvalue weighted by molar-refractivity contribution is -0.124. The average Bonchev–Trinajstić information content (AvgIpc) is 2.68. The van der Waals surface area contributed by atoms with Crippen molar-refractivity contribution >= 4 is 11.6 Å². The van der Waals surface area contributed by atoms with E-state index in [0.717, 1.165) is 57.7 Å². The lowest BCUT2D eigenvalue weighted by Gasteiger charge is -2.34. The van der Waals surface area contributed by atoms with Gasteiger partial charge in [-0.05, 0) is 37.8 Å². The second-order valence-corrected chi connectivity index (χ2v) is 8.03. The van der Waals surface area contributed by atoms with Gasteiger partial charge in [0.2, 0.25) is 0 Å². The third-order valence-corrected chi connectivity index (χ3v) is 5.92. The van der Waals surface area contributed by atoms with Gasteiger partial charge in [-0.15, -0.1) is 0 Å². The van der Waals surface area contributed by atoms with E-state index in [4.69, 9.17) is 5.11 Å². The lowest BCUT2D eigenvalue weighted by atomic mass is 9.79. The molecule has 1 N–H and O–H groups in total. The Balaban J connectivity index is 1.44. The van der Waals surface area contributed by atoms with Crippen molar-refractivity contribution < 1.29 is 14.7 Å². The first-order chi connectivity index (χ1) is 13.6. The van der Waals surface area contributed by atoms with E-state index < -0.39 is 0 Å². The Hall–Kier alpha value is -1.82. The van der Waals surface area contributed by atoms with Crippen LogP contribution in [0.15, 0.2) is 35.9 Å². The van der Waals surface area contributed by atoms with Crippen molar-refractivity contribution in [2.24, 2.45) is 0 Å². The molecular weight excluding hydrogens is 352 g/mol. The van der Waals surface area contributed by atoms with Crippen molar-refractivity contribution in [3.8, 4) is 0 Å². The summed E-state index contributed by atoms with van der Waals surface area (Å²) in [4.78, 5) is 29.7. The van der Waals surface area contributed by atoms with Crippen molar-refractivity contribution in [2.45, 2.75) is 38.5 Å². The number of hydrogen-bond acceptors (Lipinski definition) is 5. The van der Waals surface area contributed by atoms with Crippen LogP contribution in [0.1, 0.15) is 42.7 Å². The Morgan fingerprint density at radius 3 is 2.11 bits per heavy atom. The number of allylic oxidation sites excluding steroid dienone is 2. The standard InChI is InChI=1S/C23H32N2O3/c1-18-5-7-19(8-6-18)20-16-22(27)21(23(28)17-20)4-2-3-9-24-10-12-25(13-11-24)14-15-26/h4-8,20,26H,2-3,9-17H2,1H3. The zero-order valence-electron chi connectivity index (χ0n) is 16.9. The molecule has 1 aromatic rings. The molecule has 0 unspecified atom stereocenters. The van der Waals surface area contributed by atoms with Gasteiger partial charge in [0.1, 0.15) is 0 Å².